The van der Waals surface area contributed by atoms with Gasteiger partial charge in [-0.3, -0.25) is 4.57 Å². The van der Waals surface area contributed by atoms with Crippen LogP contribution in [0, 0.1) is 0 Å². The van der Waals surface area contributed by atoms with Gasteiger partial charge in [-0.15, -0.1) is 0 Å². The Morgan fingerprint density at radius 1 is 0.500 bits per heavy atom. The molecule has 0 atom stereocenters. The monoisotopic (exact) mass is 577 g/mol. The van der Waals surface area contributed by atoms with Crippen LogP contribution in [0.5, 0.6) is 0 Å². The maximum atomic E-state index is 9.01. The van der Waals surface area contributed by atoms with E-state index in [0.717, 1.165) is 0 Å². The minimum atomic E-state index is -0.598. The van der Waals surface area contributed by atoms with Crippen LogP contribution in [0.25, 0.3) is 83.6 Å². The lowest BCUT2D eigenvalue weighted by Crippen LogP contribution is -2.06. The quantitative estimate of drug-likeness (QED) is 0.209. The van der Waals surface area contributed by atoms with Crippen LogP contribution < -0.4 is 0 Å². The van der Waals surface area contributed by atoms with Crippen molar-refractivity contribution < 1.29 is 22.2 Å². The Balaban J connectivity index is 1.45. The summed E-state index contributed by atoms with van der Waals surface area (Å²) >= 11 is 0. The fourth-order valence-electron chi connectivity index (χ4n) is 5.57. The molecule has 9 rings (SSSR count). The molecule has 206 valence electrons. The highest BCUT2D eigenvalue weighted by molar-refractivity contribution is 6.17. The minimum absolute atomic E-state index is 0.0275. The standard InChI is InChI=1S/C39H24N4O/c1-3-13-25(14-4-1)27-19-11-23-33-35(27)36-30(20-12-24-34(36)44-33)38-40-37(26-15-5-2-6-16-26)41-39(42-38)43-31-21-9-7-17-28(31)29-18-8-10-22-32(29)43/h1-24H/i1D,3D,4D,7D,8D,9D,10D,13D,14D,17D,18D,21D,22D. The van der Waals surface area contributed by atoms with Crippen LogP contribution in [0.2, 0.25) is 0 Å². The smallest absolute Gasteiger partial charge is 0.238 e. The summed E-state index contributed by atoms with van der Waals surface area (Å²) in [7, 11) is 0. The van der Waals surface area contributed by atoms with Gasteiger partial charge in [-0.1, -0.05) is 121 Å². The molecule has 0 radical (unpaired) electrons. The number of rotatable bonds is 4. The second-order valence-corrected chi connectivity index (χ2v) is 9.89. The van der Waals surface area contributed by atoms with Gasteiger partial charge in [-0.25, -0.2) is 4.98 Å². The van der Waals surface area contributed by atoms with Crippen LogP contribution >= 0.6 is 0 Å². The highest BCUT2D eigenvalue weighted by Crippen LogP contribution is 2.41. The first kappa shape index (κ1) is 14.9. The van der Waals surface area contributed by atoms with E-state index in [1.54, 1.807) is 66.7 Å². The van der Waals surface area contributed by atoms with Crippen LogP contribution in [0.3, 0.4) is 0 Å². The van der Waals surface area contributed by atoms with Gasteiger partial charge in [0.15, 0.2) is 11.6 Å². The van der Waals surface area contributed by atoms with Gasteiger partial charge < -0.3 is 4.42 Å². The number of nitrogens with zero attached hydrogens (tertiary/aromatic N) is 4. The molecule has 0 saturated carbocycles. The molecule has 0 aliphatic carbocycles. The minimum Gasteiger partial charge on any atom is -0.456 e. The molecule has 0 unspecified atom stereocenters. The van der Waals surface area contributed by atoms with Crippen LogP contribution in [-0.2, 0) is 0 Å². The molecule has 9 aromatic rings. The van der Waals surface area contributed by atoms with Crippen molar-refractivity contribution in [1.82, 2.24) is 19.5 Å². The Morgan fingerprint density at radius 3 is 1.80 bits per heavy atom. The van der Waals surface area contributed by atoms with Gasteiger partial charge in [0.05, 0.1) is 28.9 Å². The van der Waals surface area contributed by atoms with Crippen molar-refractivity contribution in [2.75, 3.05) is 0 Å². The highest BCUT2D eigenvalue weighted by Gasteiger charge is 2.21. The molecular weight excluding hydrogens is 540 g/mol. The zero-order valence-electron chi connectivity index (χ0n) is 35.5. The fraction of sp³-hybridized carbons (Fsp3) is 0. The Hall–Kier alpha value is -6.07. The lowest BCUT2D eigenvalue weighted by Gasteiger charge is -2.11. The Bertz CT molecular complexity index is 3130. The molecule has 0 fully saturated rings. The Kier molecular flexibility index (Phi) is 3.30. The van der Waals surface area contributed by atoms with E-state index >= 15 is 0 Å². The van der Waals surface area contributed by atoms with E-state index in [-0.39, 0.29) is 45.0 Å². The zero-order valence-corrected chi connectivity index (χ0v) is 22.5. The van der Waals surface area contributed by atoms with Crippen molar-refractivity contribution >= 4 is 43.7 Å². The predicted octanol–water partition coefficient (Wildman–Crippen LogP) is 9.87. The number of benzene rings is 6. The molecule has 0 saturated heterocycles. The number of aromatic nitrogens is 4. The van der Waals surface area contributed by atoms with Gasteiger partial charge in [0.2, 0.25) is 5.95 Å². The van der Waals surface area contributed by atoms with Gasteiger partial charge in [0.25, 0.3) is 0 Å². The summed E-state index contributed by atoms with van der Waals surface area (Å²) in [5, 5.41) is 0.553. The Morgan fingerprint density at radius 2 is 1.09 bits per heavy atom. The van der Waals surface area contributed by atoms with Crippen molar-refractivity contribution in [2.45, 2.75) is 0 Å². The van der Waals surface area contributed by atoms with E-state index in [1.807, 2.05) is 0 Å². The third kappa shape index (κ3) is 3.76. The van der Waals surface area contributed by atoms with E-state index in [1.165, 1.54) is 4.57 Å². The lowest BCUT2D eigenvalue weighted by atomic mass is 9.97. The molecule has 0 bridgehead atoms. The summed E-state index contributed by atoms with van der Waals surface area (Å²) in [6, 6.07) is 12.1. The zero-order chi connectivity index (χ0) is 40.3. The van der Waals surface area contributed by atoms with Crippen molar-refractivity contribution in [3.05, 3.63) is 145 Å². The van der Waals surface area contributed by atoms with Crippen LogP contribution in [0.15, 0.2) is 150 Å². The van der Waals surface area contributed by atoms with E-state index in [2.05, 4.69) is 0 Å². The van der Waals surface area contributed by atoms with Crippen LogP contribution in [0.1, 0.15) is 17.8 Å². The molecule has 0 N–H and O–H groups in total. The molecule has 0 aliphatic rings. The SMILES string of the molecule is [2H]c1c([2H])c([2H])c(-c2cccc3oc4cccc(-c5nc(-c6ccccc6)nc(-n6c7c([2H])c([2H])c([2H])c([2H])c7c7c([2H])c([2H])c([2H])c([2H])c76)n5)c4c23)c([2H])c1[2H]. The van der Waals surface area contributed by atoms with E-state index < -0.39 is 78.6 Å². The number of hydrogen-bond acceptors (Lipinski definition) is 4. The molecule has 5 heteroatoms. The summed E-state index contributed by atoms with van der Waals surface area (Å²) in [6.07, 6.45) is 0. The van der Waals surface area contributed by atoms with Crippen LogP contribution in [-0.4, -0.2) is 19.5 Å². The molecular formula is C39H24N4O. The van der Waals surface area contributed by atoms with Crippen molar-refractivity contribution in [1.29, 1.82) is 0 Å². The molecule has 3 aromatic heterocycles. The van der Waals surface area contributed by atoms with Crippen molar-refractivity contribution in [3.63, 3.8) is 0 Å². The third-order valence-electron chi connectivity index (χ3n) is 7.42. The molecule has 3 heterocycles. The summed E-state index contributed by atoms with van der Waals surface area (Å²) in [5.74, 6) is -0.0767. The molecule has 0 spiro atoms. The molecule has 44 heavy (non-hydrogen) atoms. The van der Waals surface area contributed by atoms with Gasteiger partial charge in [0, 0.05) is 32.7 Å². The molecule has 5 nitrogen and oxygen atoms in total. The van der Waals surface area contributed by atoms with E-state index in [9.17, 15) is 0 Å². The summed E-state index contributed by atoms with van der Waals surface area (Å²) < 4.78 is 120. The largest absolute Gasteiger partial charge is 0.456 e. The maximum Gasteiger partial charge on any atom is 0.238 e. The van der Waals surface area contributed by atoms with Crippen LogP contribution in [0.4, 0.5) is 0 Å². The lowest BCUT2D eigenvalue weighted by molar-refractivity contribution is 0.669. The molecule has 6 aromatic carbocycles. The van der Waals surface area contributed by atoms with Crippen molar-refractivity contribution in [2.24, 2.45) is 0 Å². The van der Waals surface area contributed by atoms with Crippen molar-refractivity contribution in [3.8, 4) is 39.9 Å². The third-order valence-corrected chi connectivity index (χ3v) is 7.42. The van der Waals surface area contributed by atoms with E-state index in [0.29, 0.717) is 38.6 Å². The van der Waals surface area contributed by atoms with Gasteiger partial charge in [-0.05, 0) is 35.3 Å². The first-order valence-electron chi connectivity index (χ1n) is 20.1. The predicted molar refractivity (Wildman–Crippen MR) is 178 cm³/mol. The number of furan rings is 1. The van der Waals surface area contributed by atoms with Gasteiger partial charge in [0.1, 0.15) is 11.2 Å². The molecule has 0 amide bonds. The average molecular weight is 578 g/mol. The normalized spacial score (nSPS) is 15.8. The molecule has 0 aliphatic heterocycles. The highest BCUT2D eigenvalue weighted by atomic mass is 16.3. The number of para-hydroxylation sites is 2. The first-order valence-corrected chi connectivity index (χ1v) is 13.6. The fourth-order valence-corrected chi connectivity index (χ4v) is 5.57. The average Bonchev–Trinajstić information content (AvgIpc) is 3.80. The second kappa shape index (κ2) is 9.75. The summed E-state index contributed by atoms with van der Waals surface area (Å²) in [5.41, 5.74) is 1.48. The maximum absolute atomic E-state index is 9.01. The first-order chi connectivity index (χ1) is 27.2. The summed E-state index contributed by atoms with van der Waals surface area (Å²) in [4.78, 5) is 14.5. The Labute approximate surface area is 271 Å². The van der Waals surface area contributed by atoms with Gasteiger partial charge >= 0.3 is 0 Å². The van der Waals surface area contributed by atoms with Gasteiger partial charge in [-0.2, -0.15) is 9.97 Å². The summed E-state index contributed by atoms with van der Waals surface area (Å²) in [6.45, 7) is 0. The van der Waals surface area contributed by atoms with E-state index in [4.69, 9.17) is 37.2 Å². The topological polar surface area (TPSA) is 56.7 Å². The number of fused-ring (bicyclic) bond motifs is 6. The number of hydrogen-bond donors (Lipinski definition) is 0. The second-order valence-electron chi connectivity index (χ2n) is 9.89.